The molecule has 0 unspecified atom stereocenters. The van der Waals surface area contributed by atoms with Gasteiger partial charge in [0.2, 0.25) is 5.91 Å². The van der Waals surface area contributed by atoms with Crippen LogP contribution in [0.5, 0.6) is 0 Å². The second-order valence-corrected chi connectivity index (χ2v) is 5.07. The second-order valence-electron chi connectivity index (χ2n) is 3.39. The smallest absolute Gasteiger partial charge is 0.321 e. The molecule has 0 fully saturated rings. The van der Waals surface area contributed by atoms with Crippen molar-refractivity contribution in [3.63, 3.8) is 0 Å². The van der Waals surface area contributed by atoms with Crippen molar-refractivity contribution in [3.8, 4) is 0 Å². The van der Waals surface area contributed by atoms with E-state index in [1.165, 1.54) is 0 Å². The maximum atomic E-state index is 11.6. The van der Waals surface area contributed by atoms with Crippen LogP contribution in [0.2, 0.25) is 0 Å². The fraction of sp³-hybridized carbons (Fsp3) is 0.750. The number of nitrogens with two attached hydrogens (primary N) is 1. The molecule has 0 aromatic heterocycles. The zero-order valence-corrected chi connectivity index (χ0v) is 10.5. The van der Waals surface area contributed by atoms with Gasteiger partial charge in [0.1, 0.15) is 6.04 Å². The van der Waals surface area contributed by atoms with Crippen LogP contribution in [-0.4, -0.2) is 48.8 Å². The van der Waals surface area contributed by atoms with Gasteiger partial charge in [-0.2, -0.15) is 13.1 Å². The fourth-order valence-corrected chi connectivity index (χ4v) is 2.32. The molecule has 0 saturated carbocycles. The molecule has 0 radical (unpaired) electrons. The largest absolute Gasteiger partial charge is 0.480 e. The SMILES string of the molecule is CCCN(C(C)=O)S(=O)(=O)NC[C@H](N)C(=O)O. The van der Waals surface area contributed by atoms with Crippen LogP contribution < -0.4 is 10.5 Å². The van der Waals surface area contributed by atoms with Crippen LogP contribution in [0.15, 0.2) is 0 Å². The number of carbonyl (C=O) groups excluding carboxylic acids is 1. The van der Waals surface area contributed by atoms with Crippen molar-refractivity contribution in [2.45, 2.75) is 26.3 Å². The number of hydrogen-bond donors (Lipinski definition) is 3. The first kappa shape index (κ1) is 15.8. The van der Waals surface area contributed by atoms with Gasteiger partial charge in [0.25, 0.3) is 0 Å². The minimum Gasteiger partial charge on any atom is -0.480 e. The van der Waals surface area contributed by atoms with Crippen molar-refractivity contribution in [1.29, 1.82) is 0 Å². The Morgan fingerprint density at radius 1 is 1.47 bits per heavy atom. The van der Waals surface area contributed by atoms with Gasteiger partial charge in [-0.15, -0.1) is 0 Å². The van der Waals surface area contributed by atoms with Crippen molar-refractivity contribution in [1.82, 2.24) is 9.03 Å². The minimum atomic E-state index is -4.02. The van der Waals surface area contributed by atoms with E-state index >= 15 is 0 Å². The molecule has 1 atom stereocenters. The molecule has 0 aliphatic rings. The Kier molecular flexibility index (Phi) is 6.07. The summed E-state index contributed by atoms with van der Waals surface area (Å²) in [5.41, 5.74) is 5.14. The number of nitrogens with zero attached hydrogens (tertiary/aromatic N) is 1. The lowest BCUT2D eigenvalue weighted by molar-refractivity contribution is -0.138. The molecule has 0 aliphatic carbocycles. The van der Waals surface area contributed by atoms with Gasteiger partial charge in [0.05, 0.1) is 0 Å². The van der Waals surface area contributed by atoms with E-state index in [9.17, 15) is 18.0 Å². The molecular formula is C8H17N3O5S. The number of carboxylic acid groups (broad SMARTS) is 1. The van der Waals surface area contributed by atoms with Crippen LogP contribution >= 0.6 is 0 Å². The fourth-order valence-electron chi connectivity index (χ4n) is 1.01. The average Bonchev–Trinajstić information content (AvgIpc) is 2.21. The summed E-state index contributed by atoms with van der Waals surface area (Å²) in [6.07, 6.45) is 0.464. The summed E-state index contributed by atoms with van der Waals surface area (Å²) in [5, 5.41) is 8.49. The van der Waals surface area contributed by atoms with Gasteiger partial charge in [-0.3, -0.25) is 9.59 Å². The van der Waals surface area contributed by atoms with Gasteiger partial charge in [0.15, 0.2) is 0 Å². The Balaban J connectivity index is 4.65. The summed E-state index contributed by atoms with van der Waals surface area (Å²) < 4.78 is 25.9. The average molecular weight is 267 g/mol. The van der Waals surface area contributed by atoms with E-state index < -0.39 is 34.7 Å². The maximum absolute atomic E-state index is 11.6. The highest BCUT2D eigenvalue weighted by Gasteiger charge is 2.25. The molecule has 1 amide bonds. The number of amides is 1. The summed E-state index contributed by atoms with van der Waals surface area (Å²) in [7, 11) is -4.02. The summed E-state index contributed by atoms with van der Waals surface area (Å²) in [4.78, 5) is 21.5. The molecule has 8 nitrogen and oxygen atoms in total. The molecule has 0 aromatic rings. The third-order valence-electron chi connectivity index (χ3n) is 1.87. The highest BCUT2D eigenvalue weighted by Crippen LogP contribution is 2.00. The van der Waals surface area contributed by atoms with E-state index in [-0.39, 0.29) is 6.54 Å². The highest BCUT2D eigenvalue weighted by molar-refractivity contribution is 7.87. The van der Waals surface area contributed by atoms with E-state index in [0.717, 1.165) is 6.92 Å². The van der Waals surface area contributed by atoms with Crippen LogP contribution in [0.1, 0.15) is 20.3 Å². The summed E-state index contributed by atoms with van der Waals surface area (Å²) in [6.45, 7) is 2.40. The zero-order chi connectivity index (χ0) is 13.6. The zero-order valence-electron chi connectivity index (χ0n) is 9.71. The van der Waals surface area contributed by atoms with Crippen LogP contribution in [0.3, 0.4) is 0 Å². The Bertz CT molecular complexity index is 381. The molecule has 0 bridgehead atoms. The minimum absolute atomic E-state index is 0.0347. The van der Waals surface area contributed by atoms with Crippen molar-refractivity contribution < 1.29 is 23.1 Å². The van der Waals surface area contributed by atoms with Gasteiger partial charge in [-0.1, -0.05) is 6.92 Å². The number of hydrogen-bond acceptors (Lipinski definition) is 5. The van der Waals surface area contributed by atoms with Gasteiger partial charge in [-0.05, 0) is 6.42 Å². The van der Waals surface area contributed by atoms with E-state index in [1.807, 2.05) is 4.72 Å². The third kappa shape index (κ3) is 5.11. The summed E-state index contributed by atoms with van der Waals surface area (Å²) in [5.74, 6) is -1.96. The van der Waals surface area contributed by atoms with Crippen molar-refractivity contribution >= 4 is 22.1 Å². The van der Waals surface area contributed by atoms with Gasteiger partial charge in [0, 0.05) is 20.0 Å². The molecule has 0 spiro atoms. The maximum Gasteiger partial charge on any atom is 0.321 e. The lowest BCUT2D eigenvalue weighted by Crippen LogP contribution is -2.49. The van der Waals surface area contributed by atoms with Crippen LogP contribution in [0.25, 0.3) is 0 Å². The first-order valence-electron chi connectivity index (χ1n) is 4.98. The van der Waals surface area contributed by atoms with Crippen LogP contribution in [-0.2, 0) is 19.8 Å². The standard InChI is InChI=1S/C8H17N3O5S/c1-3-4-11(6(2)12)17(15,16)10-5-7(9)8(13)14/h7,10H,3-5,9H2,1-2H3,(H,13,14)/t7-/m0/s1. The third-order valence-corrected chi connectivity index (χ3v) is 3.42. The lowest BCUT2D eigenvalue weighted by Gasteiger charge is -2.21. The highest BCUT2D eigenvalue weighted by atomic mass is 32.2. The molecule has 9 heteroatoms. The predicted molar refractivity (Wildman–Crippen MR) is 60.2 cm³/mol. The summed E-state index contributed by atoms with van der Waals surface area (Å²) in [6, 6.07) is -1.35. The molecule has 17 heavy (non-hydrogen) atoms. The molecular weight excluding hydrogens is 250 g/mol. The first-order chi connectivity index (χ1) is 7.72. The number of carboxylic acids is 1. The lowest BCUT2D eigenvalue weighted by atomic mass is 10.3. The molecule has 4 N–H and O–H groups in total. The Morgan fingerprint density at radius 2 is 2.00 bits per heavy atom. The topological polar surface area (TPSA) is 130 Å². The molecule has 0 heterocycles. The van der Waals surface area contributed by atoms with E-state index in [2.05, 4.69) is 0 Å². The predicted octanol–water partition coefficient (Wildman–Crippen LogP) is -1.51. The number of carbonyl (C=O) groups is 2. The number of aliphatic carboxylic acids is 1. The molecule has 0 aliphatic heterocycles. The number of rotatable bonds is 7. The van der Waals surface area contributed by atoms with Gasteiger partial charge >= 0.3 is 16.2 Å². The normalized spacial score (nSPS) is 13.1. The Hall–Kier alpha value is -1.19. The Morgan fingerprint density at radius 3 is 2.35 bits per heavy atom. The molecule has 0 rings (SSSR count). The molecule has 100 valence electrons. The van der Waals surface area contributed by atoms with Gasteiger partial charge < -0.3 is 10.8 Å². The van der Waals surface area contributed by atoms with Crippen LogP contribution in [0, 0.1) is 0 Å². The quantitative estimate of drug-likeness (QED) is 0.514. The van der Waals surface area contributed by atoms with Crippen molar-refractivity contribution in [2.75, 3.05) is 13.1 Å². The molecule has 0 aromatic carbocycles. The first-order valence-corrected chi connectivity index (χ1v) is 6.42. The number of nitrogens with one attached hydrogen (secondary N) is 1. The van der Waals surface area contributed by atoms with E-state index in [4.69, 9.17) is 10.8 Å². The van der Waals surface area contributed by atoms with Gasteiger partial charge in [-0.25, -0.2) is 4.31 Å². The molecule has 0 saturated heterocycles. The van der Waals surface area contributed by atoms with Crippen molar-refractivity contribution in [3.05, 3.63) is 0 Å². The monoisotopic (exact) mass is 267 g/mol. The van der Waals surface area contributed by atoms with Crippen LogP contribution in [0.4, 0.5) is 0 Å². The Labute approximate surface area is 100.0 Å². The van der Waals surface area contributed by atoms with Crippen molar-refractivity contribution in [2.24, 2.45) is 5.73 Å². The second kappa shape index (κ2) is 6.52. The summed E-state index contributed by atoms with van der Waals surface area (Å²) >= 11 is 0. The van der Waals surface area contributed by atoms with E-state index in [1.54, 1.807) is 6.92 Å². The van der Waals surface area contributed by atoms with E-state index in [0.29, 0.717) is 10.7 Å².